The van der Waals surface area contributed by atoms with E-state index in [0.29, 0.717) is 0 Å². The molecular formula is C18H21NO3. The molecule has 0 aliphatic rings. The molecule has 1 amide bonds. The highest BCUT2D eigenvalue weighted by molar-refractivity contribution is 5.68. The number of ether oxygens (including phenoxy) is 1. The molecule has 2 aromatic carbocycles. The maximum atomic E-state index is 11.7. The van der Waals surface area contributed by atoms with Gasteiger partial charge in [-0.3, -0.25) is 0 Å². The number of amides is 1. The number of nitrogens with one attached hydrogen (secondary N) is 1. The highest BCUT2D eigenvalue weighted by Crippen LogP contribution is 2.24. The summed E-state index contributed by atoms with van der Waals surface area (Å²) in [5, 5.41) is 12.3. The first-order valence-electron chi connectivity index (χ1n) is 7.17. The minimum absolute atomic E-state index is 0.203. The second-order valence-corrected chi connectivity index (χ2v) is 6.20. The van der Waals surface area contributed by atoms with E-state index in [1.54, 1.807) is 18.2 Å². The second-order valence-electron chi connectivity index (χ2n) is 6.20. The van der Waals surface area contributed by atoms with Gasteiger partial charge in [0.1, 0.15) is 12.4 Å². The quantitative estimate of drug-likeness (QED) is 0.897. The van der Waals surface area contributed by atoms with Crippen molar-refractivity contribution in [3.63, 3.8) is 0 Å². The van der Waals surface area contributed by atoms with E-state index < -0.39 is 6.09 Å². The average molecular weight is 299 g/mol. The molecule has 4 heteroatoms. The van der Waals surface area contributed by atoms with Gasteiger partial charge in [0.2, 0.25) is 0 Å². The Morgan fingerprint density at radius 2 is 1.73 bits per heavy atom. The van der Waals surface area contributed by atoms with Crippen molar-refractivity contribution in [2.75, 3.05) is 0 Å². The fourth-order valence-electron chi connectivity index (χ4n) is 2.02. The molecule has 0 aliphatic heterocycles. The summed E-state index contributed by atoms with van der Waals surface area (Å²) in [5.41, 5.74) is 2.46. The maximum Gasteiger partial charge on any atom is 0.407 e. The number of rotatable bonds is 3. The minimum Gasteiger partial charge on any atom is -0.508 e. The normalized spacial score (nSPS) is 11.0. The number of alkyl carbamates (subject to hydrolysis) is 1. The van der Waals surface area contributed by atoms with Gasteiger partial charge in [0.25, 0.3) is 0 Å². The molecule has 2 N–H and O–H groups in total. The molecule has 0 saturated heterocycles. The van der Waals surface area contributed by atoms with E-state index in [9.17, 15) is 9.90 Å². The van der Waals surface area contributed by atoms with E-state index >= 15 is 0 Å². The van der Waals surface area contributed by atoms with E-state index in [1.807, 2.05) is 51.1 Å². The number of benzene rings is 2. The fourth-order valence-corrected chi connectivity index (χ4v) is 2.02. The van der Waals surface area contributed by atoms with Gasteiger partial charge in [-0.1, -0.05) is 30.3 Å². The van der Waals surface area contributed by atoms with Crippen molar-refractivity contribution in [3.8, 4) is 16.9 Å². The van der Waals surface area contributed by atoms with Gasteiger partial charge in [-0.05, 0) is 55.7 Å². The summed E-state index contributed by atoms with van der Waals surface area (Å²) in [5.74, 6) is 0.226. The zero-order valence-electron chi connectivity index (χ0n) is 13.1. The number of phenols is 1. The molecule has 0 unspecified atom stereocenters. The van der Waals surface area contributed by atoms with Crippen LogP contribution in [0.5, 0.6) is 5.75 Å². The van der Waals surface area contributed by atoms with Crippen LogP contribution in [-0.4, -0.2) is 16.7 Å². The molecule has 0 spiro atoms. The van der Waals surface area contributed by atoms with Crippen LogP contribution in [0, 0.1) is 0 Å². The number of hydrogen-bond donors (Lipinski definition) is 2. The summed E-state index contributed by atoms with van der Waals surface area (Å²) >= 11 is 0. The van der Waals surface area contributed by atoms with E-state index in [4.69, 9.17) is 4.74 Å². The molecule has 0 heterocycles. The van der Waals surface area contributed by atoms with Crippen molar-refractivity contribution in [1.29, 1.82) is 0 Å². The Balaban J connectivity index is 2.05. The smallest absolute Gasteiger partial charge is 0.407 e. The summed E-state index contributed by atoms with van der Waals surface area (Å²) in [6.45, 7) is 5.90. The Kier molecular flexibility index (Phi) is 4.71. The third-order valence-electron chi connectivity index (χ3n) is 2.95. The van der Waals surface area contributed by atoms with Crippen molar-refractivity contribution >= 4 is 6.09 Å². The van der Waals surface area contributed by atoms with Gasteiger partial charge >= 0.3 is 6.09 Å². The molecular weight excluding hydrogens is 278 g/mol. The van der Waals surface area contributed by atoms with Gasteiger partial charge in [-0.15, -0.1) is 0 Å². The summed E-state index contributed by atoms with van der Waals surface area (Å²) in [4.78, 5) is 11.7. The van der Waals surface area contributed by atoms with E-state index in [0.717, 1.165) is 16.7 Å². The first-order valence-corrected chi connectivity index (χ1v) is 7.17. The molecule has 2 aromatic rings. The lowest BCUT2D eigenvalue weighted by Crippen LogP contribution is -2.40. The molecule has 4 nitrogen and oxygen atoms in total. The fraction of sp³-hybridized carbons (Fsp3) is 0.278. The second kappa shape index (κ2) is 6.52. The van der Waals surface area contributed by atoms with Gasteiger partial charge in [-0.2, -0.15) is 0 Å². The molecule has 0 atom stereocenters. The van der Waals surface area contributed by atoms with Crippen LogP contribution in [0.3, 0.4) is 0 Å². The Hall–Kier alpha value is -2.49. The largest absolute Gasteiger partial charge is 0.508 e. The van der Waals surface area contributed by atoms with Gasteiger partial charge in [-0.25, -0.2) is 4.79 Å². The summed E-state index contributed by atoms with van der Waals surface area (Å²) < 4.78 is 5.22. The molecule has 0 bridgehead atoms. The van der Waals surface area contributed by atoms with Crippen molar-refractivity contribution < 1.29 is 14.6 Å². The molecule has 2 rings (SSSR count). The molecule has 22 heavy (non-hydrogen) atoms. The highest BCUT2D eigenvalue weighted by atomic mass is 16.5. The summed E-state index contributed by atoms with van der Waals surface area (Å²) in [6.07, 6.45) is -0.435. The van der Waals surface area contributed by atoms with Crippen LogP contribution in [0.4, 0.5) is 4.79 Å². The predicted molar refractivity (Wildman–Crippen MR) is 86.6 cm³/mol. The zero-order valence-corrected chi connectivity index (χ0v) is 13.1. The molecule has 0 aliphatic carbocycles. The van der Waals surface area contributed by atoms with Crippen LogP contribution in [0.2, 0.25) is 0 Å². The third kappa shape index (κ3) is 4.81. The number of hydrogen-bond acceptors (Lipinski definition) is 3. The number of carbonyl (C=O) groups excluding carboxylic acids is 1. The van der Waals surface area contributed by atoms with Gasteiger partial charge in [0.15, 0.2) is 0 Å². The summed E-state index contributed by atoms with van der Waals surface area (Å²) in [7, 11) is 0. The Labute approximate surface area is 130 Å². The van der Waals surface area contributed by atoms with Gasteiger partial charge < -0.3 is 15.2 Å². The standard InChI is InChI=1S/C18H21NO3/c1-18(2,3)19-17(21)22-12-13-6-4-7-14(10-13)15-8-5-9-16(20)11-15/h4-11,20H,12H2,1-3H3,(H,19,21). The van der Waals surface area contributed by atoms with Crippen LogP contribution in [0.1, 0.15) is 26.3 Å². The Morgan fingerprint density at radius 3 is 2.36 bits per heavy atom. The molecule has 0 fully saturated rings. The number of carbonyl (C=O) groups is 1. The van der Waals surface area contributed by atoms with E-state index in [1.165, 1.54) is 0 Å². The van der Waals surface area contributed by atoms with Crippen molar-refractivity contribution in [2.24, 2.45) is 0 Å². The van der Waals surface area contributed by atoms with Crippen molar-refractivity contribution in [2.45, 2.75) is 32.9 Å². The highest BCUT2D eigenvalue weighted by Gasteiger charge is 2.14. The predicted octanol–water partition coefficient (Wildman–Crippen LogP) is 4.08. The van der Waals surface area contributed by atoms with Crippen molar-refractivity contribution in [1.82, 2.24) is 5.32 Å². The molecule has 0 saturated carbocycles. The van der Waals surface area contributed by atoms with Crippen molar-refractivity contribution in [3.05, 3.63) is 54.1 Å². The van der Waals surface area contributed by atoms with Crippen LogP contribution in [0.25, 0.3) is 11.1 Å². The monoisotopic (exact) mass is 299 g/mol. The number of phenolic OH excluding ortho intramolecular Hbond substituents is 1. The van der Waals surface area contributed by atoms with Gasteiger partial charge in [0, 0.05) is 5.54 Å². The first kappa shape index (κ1) is 15.9. The third-order valence-corrected chi connectivity index (χ3v) is 2.95. The van der Waals surface area contributed by atoms with E-state index in [-0.39, 0.29) is 17.9 Å². The number of aromatic hydroxyl groups is 1. The van der Waals surface area contributed by atoms with Crippen LogP contribution < -0.4 is 5.32 Å². The Bertz CT molecular complexity index is 659. The molecule has 116 valence electrons. The summed E-state index contributed by atoms with van der Waals surface area (Å²) in [6, 6.07) is 14.7. The first-order chi connectivity index (χ1) is 10.3. The minimum atomic E-state index is -0.435. The average Bonchev–Trinajstić information content (AvgIpc) is 2.44. The van der Waals surface area contributed by atoms with Crippen LogP contribution in [0.15, 0.2) is 48.5 Å². The van der Waals surface area contributed by atoms with Crippen LogP contribution in [-0.2, 0) is 11.3 Å². The van der Waals surface area contributed by atoms with Gasteiger partial charge in [0.05, 0.1) is 0 Å². The zero-order chi connectivity index (χ0) is 16.2. The lowest BCUT2D eigenvalue weighted by Gasteiger charge is -2.20. The SMILES string of the molecule is CC(C)(C)NC(=O)OCc1cccc(-c2cccc(O)c2)c1. The van der Waals surface area contributed by atoms with Crippen LogP contribution >= 0.6 is 0 Å². The Morgan fingerprint density at radius 1 is 1.09 bits per heavy atom. The van der Waals surface area contributed by atoms with E-state index in [2.05, 4.69) is 5.32 Å². The maximum absolute atomic E-state index is 11.7. The topological polar surface area (TPSA) is 58.6 Å². The molecule has 0 aromatic heterocycles. The molecule has 0 radical (unpaired) electrons. The lowest BCUT2D eigenvalue weighted by molar-refractivity contribution is 0.131. The lowest BCUT2D eigenvalue weighted by atomic mass is 10.0.